The highest BCUT2D eigenvalue weighted by atomic mass is 16.5. The second-order valence-electron chi connectivity index (χ2n) is 4.78. The lowest BCUT2D eigenvalue weighted by molar-refractivity contribution is 0.0786. The van der Waals surface area contributed by atoms with Gasteiger partial charge in [-0.2, -0.15) is 0 Å². The van der Waals surface area contributed by atoms with Gasteiger partial charge in [0.15, 0.2) is 5.78 Å². The summed E-state index contributed by atoms with van der Waals surface area (Å²) in [5.74, 6) is 0.709. The first kappa shape index (κ1) is 15.6. The number of nitrogens with zero attached hydrogens (tertiary/aromatic N) is 1. The Hall–Kier alpha value is -1.42. The number of hydrogen-bond acceptors (Lipinski definition) is 4. The molecule has 106 valence electrons. The van der Waals surface area contributed by atoms with Crippen molar-refractivity contribution >= 4 is 5.78 Å². The summed E-state index contributed by atoms with van der Waals surface area (Å²) >= 11 is 0. The molecule has 19 heavy (non-hydrogen) atoms. The Bertz CT molecular complexity index is 406. The summed E-state index contributed by atoms with van der Waals surface area (Å²) in [5, 5.41) is 0. The molecule has 1 aromatic heterocycles. The summed E-state index contributed by atoms with van der Waals surface area (Å²) in [6, 6.07) is 1.76. The van der Waals surface area contributed by atoms with Crippen molar-refractivity contribution in [2.75, 3.05) is 13.2 Å². The van der Waals surface area contributed by atoms with Gasteiger partial charge < -0.3 is 10.5 Å². The van der Waals surface area contributed by atoms with Crippen LogP contribution in [0.25, 0.3) is 0 Å². The zero-order chi connectivity index (χ0) is 14.3. The number of rotatable bonds is 8. The molecule has 0 amide bonds. The van der Waals surface area contributed by atoms with Crippen molar-refractivity contribution in [2.45, 2.75) is 40.0 Å². The first-order chi connectivity index (χ1) is 9.13. The van der Waals surface area contributed by atoms with Crippen LogP contribution in [0, 0.1) is 5.41 Å². The van der Waals surface area contributed by atoms with Gasteiger partial charge in [0.1, 0.15) is 5.75 Å². The van der Waals surface area contributed by atoms with E-state index in [1.165, 1.54) is 0 Å². The summed E-state index contributed by atoms with van der Waals surface area (Å²) in [4.78, 5) is 16.7. The first-order valence-electron chi connectivity index (χ1n) is 6.96. The van der Waals surface area contributed by atoms with Gasteiger partial charge >= 0.3 is 0 Å². The Labute approximate surface area is 115 Å². The van der Waals surface area contributed by atoms with Crippen LogP contribution in [0.2, 0.25) is 0 Å². The summed E-state index contributed by atoms with van der Waals surface area (Å²) < 4.78 is 5.51. The maximum atomic E-state index is 12.6. The van der Waals surface area contributed by atoms with E-state index in [1.54, 1.807) is 18.5 Å². The zero-order valence-corrected chi connectivity index (χ0v) is 12.1. The van der Waals surface area contributed by atoms with Gasteiger partial charge in [0, 0.05) is 23.7 Å². The molecule has 0 atom stereocenters. The molecule has 0 spiro atoms. The summed E-state index contributed by atoms with van der Waals surface area (Å²) in [5.41, 5.74) is 5.92. The van der Waals surface area contributed by atoms with Crippen LogP contribution in [0.15, 0.2) is 18.5 Å². The Morgan fingerprint density at radius 2 is 2.00 bits per heavy atom. The van der Waals surface area contributed by atoms with E-state index in [0.29, 0.717) is 24.5 Å². The van der Waals surface area contributed by atoms with Crippen LogP contribution >= 0.6 is 0 Å². The van der Waals surface area contributed by atoms with E-state index in [9.17, 15) is 4.79 Å². The number of carbonyl (C=O) groups is 1. The molecule has 1 aromatic rings. The quantitative estimate of drug-likeness (QED) is 0.733. The average molecular weight is 264 g/mol. The normalized spacial score (nSPS) is 11.4. The predicted octanol–water partition coefficient (Wildman–Crippen LogP) is 2.82. The van der Waals surface area contributed by atoms with Gasteiger partial charge in [-0.3, -0.25) is 9.78 Å². The van der Waals surface area contributed by atoms with Gasteiger partial charge in [-0.05, 0) is 25.3 Å². The number of ketones is 1. The second-order valence-corrected chi connectivity index (χ2v) is 4.78. The number of pyridine rings is 1. The van der Waals surface area contributed by atoms with Crippen LogP contribution in [0.5, 0.6) is 5.75 Å². The molecule has 0 aliphatic heterocycles. The van der Waals surface area contributed by atoms with E-state index in [2.05, 4.69) is 4.98 Å². The highest BCUT2D eigenvalue weighted by Gasteiger charge is 2.34. The largest absolute Gasteiger partial charge is 0.492 e. The molecular formula is C15H24N2O2. The maximum Gasteiger partial charge on any atom is 0.171 e. The summed E-state index contributed by atoms with van der Waals surface area (Å²) in [7, 11) is 0. The number of ether oxygens (including phenoxy) is 1. The van der Waals surface area contributed by atoms with Crippen molar-refractivity contribution in [1.29, 1.82) is 0 Å². The third-order valence-corrected chi connectivity index (χ3v) is 3.67. The highest BCUT2D eigenvalue weighted by molar-refractivity contribution is 6.00. The molecule has 0 bridgehead atoms. The minimum absolute atomic E-state index is 0.0643. The van der Waals surface area contributed by atoms with Gasteiger partial charge in [0.25, 0.3) is 0 Å². The van der Waals surface area contributed by atoms with Crippen LogP contribution in [0.3, 0.4) is 0 Å². The number of Topliss-reactive ketones (excluding diaryl/α,β-unsaturated/α-hetero) is 1. The SMILES string of the molecule is CCCOc1cncc(C(=O)C(CC)(CC)CN)c1. The number of nitrogens with two attached hydrogens (primary N) is 1. The van der Waals surface area contributed by atoms with Gasteiger partial charge in [-0.25, -0.2) is 0 Å². The first-order valence-corrected chi connectivity index (χ1v) is 6.96. The molecule has 1 rings (SSSR count). The number of aromatic nitrogens is 1. The predicted molar refractivity (Wildman–Crippen MR) is 76.4 cm³/mol. The topological polar surface area (TPSA) is 65.2 Å². The van der Waals surface area contributed by atoms with E-state index >= 15 is 0 Å². The molecule has 2 N–H and O–H groups in total. The minimum atomic E-state index is -0.481. The molecule has 4 nitrogen and oxygen atoms in total. The molecule has 0 radical (unpaired) electrons. The Morgan fingerprint density at radius 3 is 2.53 bits per heavy atom. The van der Waals surface area contributed by atoms with E-state index in [0.717, 1.165) is 19.3 Å². The van der Waals surface area contributed by atoms with Crippen molar-refractivity contribution < 1.29 is 9.53 Å². The average Bonchev–Trinajstić information content (AvgIpc) is 2.47. The van der Waals surface area contributed by atoms with Gasteiger partial charge in [0.05, 0.1) is 12.8 Å². The molecule has 0 aliphatic carbocycles. The van der Waals surface area contributed by atoms with E-state index in [-0.39, 0.29) is 5.78 Å². The molecule has 1 heterocycles. The lowest BCUT2D eigenvalue weighted by atomic mass is 9.76. The Balaban J connectivity index is 2.98. The zero-order valence-electron chi connectivity index (χ0n) is 12.1. The van der Waals surface area contributed by atoms with Crippen molar-refractivity contribution in [3.05, 3.63) is 24.0 Å². The molecule has 0 aromatic carbocycles. The van der Waals surface area contributed by atoms with E-state index in [4.69, 9.17) is 10.5 Å². The van der Waals surface area contributed by atoms with Crippen molar-refractivity contribution in [3.63, 3.8) is 0 Å². The fourth-order valence-electron chi connectivity index (χ4n) is 2.10. The Morgan fingerprint density at radius 1 is 1.32 bits per heavy atom. The molecule has 4 heteroatoms. The number of carbonyl (C=O) groups excluding carboxylic acids is 1. The van der Waals surface area contributed by atoms with Gasteiger partial charge in [-0.15, -0.1) is 0 Å². The highest BCUT2D eigenvalue weighted by Crippen LogP contribution is 2.30. The van der Waals surface area contributed by atoms with Gasteiger partial charge in [0.2, 0.25) is 0 Å². The molecule has 0 saturated heterocycles. The Kier molecular flexibility index (Phi) is 5.96. The lowest BCUT2D eigenvalue weighted by Gasteiger charge is -2.28. The van der Waals surface area contributed by atoms with Crippen LogP contribution < -0.4 is 10.5 Å². The fourth-order valence-corrected chi connectivity index (χ4v) is 2.10. The van der Waals surface area contributed by atoms with Crippen molar-refractivity contribution in [3.8, 4) is 5.75 Å². The standard InChI is InChI=1S/C15H24N2O2/c1-4-7-19-13-8-12(9-17-10-13)14(18)15(5-2,6-3)11-16/h8-10H,4-7,11,16H2,1-3H3. The molecule has 0 unspecified atom stereocenters. The van der Waals surface area contributed by atoms with E-state index in [1.807, 2.05) is 20.8 Å². The van der Waals surface area contributed by atoms with Crippen LogP contribution in [0.4, 0.5) is 0 Å². The second kappa shape index (κ2) is 7.24. The molecular weight excluding hydrogens is 240 g/mol. The van der Waals surface area contributed by atoms with Crippen molar-refractivity contribution in [1.82, 2.24) is 4.98 Å². The third-order valence-electron chi connectivity index (χ3n) is 3.67. The van der Waals surface area contributed by atoms with E-state index < -0.39 is 5.41 Å². The minimum Gasteiger partial charge on any atom is -0.492 e. The van der Waals surface area contributed by atoms with Crippen LogP contribution in [0.1, 0.15) is 50.4 Å². The van der Waals surface area contributed by atoms with Crippen LogP contribution in [-0.4, -0.2) is 23.9 Å². The summed E-state index contributed by atoms with van der Waals surface area (Å²) in [6.45, 7) is 7.02. The smallest absolute Gasteiger partial charge is 0.171 e. The van der Waals surface area contributed by atoms with Gasteiger partial charge in [-0.1, -0.05) is 20.8 Å². The van der Waals surface area contributed by atoms with Crippen LogP contribution in [-0.2, 0) is 0 Å². The fraction of sp³-hybridized carbons (Fsp3) is 0.600. The molecule has 0 aliphatic rings. The maximum absolute atomic E-state index is 12.6. The monoisotopic (exact) mass is 264 g/mol. The van der Waals surface area contributed by atoms with Crippen molar-refractivity contribution in [2.24, 2.45) is 11.1 Å². The number of hydrogen-bond donors (Lipinski definition) is 1. The summed E-state index contributed by atoms with van der Waals surface area (Å²) in [6.07, 6.45) is 5.62. The molecule has 0 saturated carbocycles. The lowest BCUT2D eigenvalue weighted by Crippen LogP contribution is -2.37. The third kappa shape index (κ3) is 3.53. The molecule has 0 fully saturated rings.